The first kappa shape index (κ1) is 20.5. The molecular formula is C19H39N5O. The van der Waals surface area contributed by atoms with E-state index in [4.69, 9.17) is 4.74 Å². The minimum atomic E-state index is 0.248. The molecule has 6 heteroatoms. The lowest BCUT2D eigenvalue weighted by molar-refractivity contribution is -0.0284. The van der Waals surface area contributed by atoms with Crippen molar-refractivity contribution in [3.05, 3.63) is 0 Å². The molecule has 2 heterocycles. The number of rotatable bonds is 7. The van der Waals surface area contributed by atoms with Crippen LogP contribution < -0.4 is 10.6 Å². The highest BCUT2D eigenvalue weighted by atomic mass is 16.5. The van der Waals surface area contributed by atoms with E-state index < -0.39 is 0 Å². The normalized spacial score (nSPS) is 24.7. The Morgan fingerprint density at radius 1 is 1.20 bits per heavy atom. The maximum absolute atomic E-state index is 5.92. The van der Waals surface area contributed by atoms with Crippen molar-refractivity contribution in [2.75, 3.05) is 59.5 Å². The first-order valence-electron chi connectivity index (χ1n) is 10.1. The van der Waals surface area contributed by atoms with Crippen LogP contribution in [0.5, 0.6) is 0 Å². The second-order valence-electron chi connectivity index (χ2n) is 7.86. The molecule has 2 N–H and O–H groups in total. The fourth-order valence-electron chi connectivity index (χ4n) is 3.80. The van der Waals surface area contributed by atoms with Crippen LogP contribution in [0, 0.1) is 5.92 Å². The highest BCUT2D eigenvalue weighted by molar-refractivity contribution is 5.80. The zero-order valence-corrected chi connectivity index (χ0v) is 16.8. The second kappa shape index (κ2) is 11.0. The summed E-state index contributed by atoms with van der Waals surface area (Å²) < 4.78 is 5.92. The molecule has 0 aromatic heterocycles. The van der Waals surface area contributed by atoms with Gasteiger partial charge in [0.05, 0.1) is 12.7 Å². The van der Waals surface area contributed by atoms with Crippen molar-refractivity contribution in [2.24, 2.45) is 10.9 Å². The van der Waals surface area contributed by atoms with Crippen LogP contribution in [-0.4, -0.2) is 87.4 Å². The van der Waals surface area contributed by atoms with Crippen LogP contribution in [0.25, 0.3) is 0 Å². The van der Waals surface area contributed by atoms with Gasteiger partial charge in [-0.1, -0.05) is 20.8 Å². The molecule has 6 nitrogen and oxygen atoms in total. The number of hydrogen-bond acceptors (Lipinski definition) is 4. The number of morpholine rings is 1. The lowest BCUT2D eigenvalue weighted by Crippen LogP contribution is -2.52. The van der Waals surface area contributed by atoms with Crippen LogP contribution in [0.4, 0.5) is 0 Å². The highest BCUT2D eigenvalue weighted by Crippen LogP contribution is 2.11. The zero-order valence-electron chi connectivity index (χ0n) is 16.8. The number of piperidine rings is 1. The molecule has 146 valence electrons. The summed E-state index contributed by atoms with van der Waals surface area (Å²) in [5.74, 6) is 1.62. The fraction of sp³-hybridized carbons (Fsp3) is 0.947. The second-order valence-corrected chi connectivity index (χ2v) is 7.86. The summed E-state index contributed by atoms with van der Waals surface area (Å²) in [5, 5.41) is 7.06. The van der Waals surface area contributed by atoms with Gasteiger partial charge in [0.2, 0.25) is 0 Å². The number of guanidine groups is 1. The Morgan fingerprint density at radius 3 is 2.60 bits per heavy atom. The Hall–Kier alpha value is -0.850. The lowest BCUT2D eigenvalue weighted by atomic mass is 10.1. The number of nitrogens with zero attached hydrogens (tertiary/aromatic N) is 3. The Kier molecular flexibility index (Phi) is 8.99. The van der Waals surface area contributed by atoms with Crippen molar-refractivity contribution in [3.63, 3.8) is 0 Å². The van der Waals surface area contributed by atoms with Crippen molar-refractivity contribution in [1.29, 1.82) is 0 Å². The number of ether oxygens (including phenoxy) is 1. The van der Waals surface area contributed by atoms with E-state index in [9.17, 15) is 0 Å². The summed E-state index contributed by atoms with van der Waals surface area (Å²) in [6.07, 6.45) is 3.89. The van der Waals surface area contributed by atoms with E-state index >= 15 is 0 Å². The van der Waals surface area contributed by atoms with Gasteiger partial charge in [-0.25, -0.2) is 0 Å². The molecule has 25 heavy (non-hydrogen) atoms. The molecule has 0 radical (unpaired) electrons. The fourth-order valence-corrected chi connectivity index (χ4v) is 3.80. The third kappa shape index (κ3) is 7.50. The third-order valence-electron chi connectivity index (χ3n) is 5.04. The molecule has 1 atom stereocenters. The highest BCUT2D eigenvalue weighted by Gasteiger charge is 2.22. The molecule has 1 unspecified atom stereocenters. The summed E-state index contributed by atoms with van der Waals surface area (Å²) in [5.41, 5.74) is 0. The van der Waals surface area contributed by atoms with Gasteiger partial charge in [-0.05, 0) is 31.7 Å². The number of likely N-dealkylation sites (tertiary alicyclic amines) is 1. The Bertz CT molecular complexity index is 393. The summed E-state index contributed by atoms with van der Waals surface area (Å²) in [4.78, 5) is 9.48. The molecule has 0 aromatic carbocycles. The SMILES string of the molecule is CCCN1CCC(NC(=NC)NCC2CN(CC(C)C)CCO2)CC1. The van der Waals surface area contributed by atoms with Gasteiger partial charge in [0.25, 0.3) is 0 Å². The first-order chi connectivity index (χ1) is 12.1. The van der Waals surface area contributed by atoms with Crippen molar-refractivity contribution >= 4 is 5.96 Å². The van der Waals surface area contributed by atoms with Crippen molar-refractivity contribution in [3.8, 4) is 0 Å². The van der Waals surface area contributed by atoms with Gasteiger partial charge in [0.15, 0.2) is 5.96 Å². The molecule has 0 aliphatic carbocycles. The lowest BCUT2D eigenvalue weighted by Gasteiger charge is -2.35. The van der Waals surface area contributed by atoms with E-state index in [0.717, 1.165) is 38.7 Å². The number of nitrogens with one attached hydrogen (secondary N) is 2. The Morgan fingerprint density at radius 2 is 1.96 bits per heavy atom. The van der Waals surface area contributed by atoms with Gasteiger partial charge >= 0.3 is 0 Å². The van der Waals surface area contributed by atoms with Crippen molar-refractivity contribution < 1.29 is 4.74 Å². The van der Waals surface area contributed by atoms with Gasteiger partial charge in [0.1, 0.15) is 0 Å². The topological polar surface area (TPSA) is 52.1 Å². The molecule has 2 fully saturated rings. The van der Waals surface area contributed by atoms with Gasteiger partial charge in [-0.2, -0.15) is 0 Å². The van der Waals surface area contributed by atoms with Crippen molar-refractivity contribution in [1.82, 2.24) is 20.4 Å². The maximum Gasteiger partial charge on any atom is 0.191 e. The zero-order chi connectivity index (χ0) is 18.1. The molecule has 2 aliphatic rings. The van der Waals surface area contributed by atoms with Gasteiger partial charge in [-0.3, -0.25) is 9.89 Å². The Balaban J connectivity index is 1.68. The van der Waals surface area contributed by atoms with E-state index in [2.05, 4.69) is 46.2 Å². The van der Waals surface area contributed by atoms with Crippen LogP contribution in [-0.2, 0) is 4.74 Å². The van der Waals surface area contributed by atoms with Crippen molar-refractivity contribution in [2.45, 2.75) is 52.2 Å². The summed E-state index contributed by atoms with van der Waals surface area (Å²) >= 11 is 0. The van der Waals surface area contributed by atoms with Crippen LogP contribution >= 0.6 is 0 Å². The van der Waals surface area contributed by atoms with Crippen LogP contribution in [0.3, 0.4) is 0 Å². The van der Waals surface area contributed by atoms with Crippen LogP contribution in [0.15, 0.2) is 4.99 Å². The molecule has 2 rings (SSSR count). The maximum atomic E-state index is 5.92. The van der Waals surface area contributed by atoms with Crippen LogP contribution in [0.1, 0.15) is 40.0 Å². The third-order valence-corrected chi connectivity index (χ3v) is 5.04. The molecule has 0 spiro atoms. The quantitative estimate of drug-likeness (QED) is 0.535. The van der Waals surface area contributed by atoms with E-state index in [1.165, 1.54) is 38.9 Å². The van der Waals surface area contributed by atoms with E-state index in [1.807, 2.05) is 7.05 Å². The smallest absolute Gasteiger partial charge is 0.191 e. The Labute approximate surface area is 154 Å². The van der Waals surface area contributed by atoms with Gasteiger partial charge in [0, 0.05) is 52.4 Å². The monoisotopic (exact) mass is 353 g/mol. The standard InChI is InChI=1S/C19H39N5O/c1-5-8-23-9-6-17(7-10-23)22-19(20-4)21-13-18-15-24(11-12-25-18)14-16(2)3/h16-18H,5-15H2,1-4H3,(H2,20,21,22). The minimum absolute atomic E-state index is 0.248. The molecule has 0 aromatic rings. The number of aliphatic imine (C=N–C) groups is 1. The van der Waals surface area contributed by atoms with Crippen LogP contribution in [0.2, 0.25) is 0 Å². The minimum Gasteiger partial charge on any atom is -0.374 e. The molecule has 0 amide bonds. The molecule has 2 aliphatic heterocycles. The first-order valence-corrected chi connectivity index (χ1v) is 10.1. The molecule has 2 saturated heterocycles. The summed E-state index contributed by atoms with van der Waals surface area (Å²) in [6, 6.07) is 0.531. The average Bonchev–Trinajstić information content (AvgIpc) is 2.60. The predicted octanol–water partition coefficient (Wildman–Crippen LogP) is 1.38. The van der Waals surface area contributed by atoms with E-state index in [1.54, 1.807) is 0 Å². The van der Waals surface area contributed by atoms with Gasteiger partial charge < -0.3 is 20.3 Å². The molecular weight excluding hydrogens is 314 g/mol. The van der Waals surface area contributed by atoms with E-state index in [0.29, 0.717) is 12.0 Å². The average molecular weight is 354 g/mol. The van der Waals surface area contributed by atoms with Gasteiger partial charge in [-0.15, -0.1) is 0 Å². The van der Waals surface area contributed by atoms with E-state index in [-0.39, 0.29) is 6.10 Å². The summed E-state index contributed by atoms with van der Waals surface area (Å²) in [7, 11) is 1.86. The largest absolute Gasteiger partial charge is 0.374 e. The summed E-state index contributed by atoms with van der Waals surface area (Å²) in [6.45, 7) is 15.3. The molecule has 0 bridgehead atoms. The number of hydrogen-bond donors (Lipinski definition) is 2. The molecule has 0 saturated carbocycles. The predicted molar refractivity (Wildman–Crippen MR) is 105 cm³/mol.